The summed E-state index contributed by atoms with van der Waals surface area (Å²) < 4.78 is 3.57. The van der Waals surface area contributed by atoms with Gasteiger partial charge in [0.2, 0.25) is 0 Å². The number of amides is 2. The number of nitrogens with zero attached hydrogens (tertiary/aromatic N) is 6. The fourth-order valence-electron chi connectivity index (χ4n) is 4.50. The van der Waals surface area contributed by atoms with E-state index in [4.69, 9.17) is 0 Å². The van der Waals surface area contributed by atoms with E-state index in [9.17, 15) is 9.59 Å². The maximum absolute atomic E-state index is 13.2. The molecule has 0 saturated carbocycles. The van der Waals surface area contributed by atoms with Crippen molar-refractivity contribution in [2.45, 2.75) is 25.7 Å². The third-order valence-corrected chi connectivity index (χ3v) is 6.30. The molecule has 9 nitrogen and oxygen atoms in total. The molecule has 34 heavy (non-hydrogen) atoms. The zero-order valence-corrected chi connectivity index (χ0v) is 19.1. The topological polar surface area (TPSA) is 97.4 Å². The van der Waals surface area contributed by atoms with Crippen molar-refractivity contribution in [3.8, 4) is 0 Å². The minimum absolute atomic E-state index is 0.00362. The summed E-state index contributed by atoms with van der Waals surface area (Å²) in [4.78, 5) is 36.4. The Labute approximate surface area is 197 Å². The first-order chi connectivity index (χ1) is 16.5. The van der Waals surface area contributed by atoms with E-state index in [-0.39, 0.29) is 11.8 Å². The van der Waals surface area contributed by atoms with Gasteiger partial charge in [-0.25, -0.2) is 4.98 Å². The zero-order chi connectivity index (χ0) is 23.5. The van der Waals surface area contributed by atoms with Gasteiger partial charge in [-0.15, -0.1) is 0 Å². The molecule has 1 aliphatic rings. The van der Waals surface area contributed by atoms with Crippen LogP contribution in [0.15, 0.2) is 61.4 Å². The number of aryl methyl sites for hydroxylation is 1. The Morgan fingerprint density at radius 1 is 1.09 bits per heavy atom. The lowest BCUT2D eigenvalue weighted by atomic mass is 9.95. The molecule has 4 aromatic rings. The molecule has 1 aliphatic heterocycles. The Balaban J connectivity index is 1.21. The second-order valence-corrected chi connectivity index (χ2v) is 8.80. The third-order valence-electron chi connectivity index (χ3n) is 6.30. The number of hydrogen-bond donors (Lipinski definition) is 1. The average Bonchev–Trinajstić information content (AvgIpc) is 3.42. The first-order valence-corrected chi connectivity index (χ1v) is 11.5. The van der Waals surface area contributed by atoms with E-state index in [1.807, 2.05) is 27.9 Å². The van der Waals surface area contributed by atoms with Gasteiger partial charge < -0.3 is 14.6 Å². The molecule has 0 radical (unpaired) electrons. The largest absolute Gasteiger partial charge is 0.339 e. The maximum Gasteiger partial charge on any atom is 0.258 e. The highest BCUT2D eigenvalue weighted by molar-refractivity contribution is 6.04. The van der Waals surface area contributed by atoms with Crippen LogP contribution in [0.5, 0.6) is 0 Å². The van der Waals surface area contributed by atoms with Crippen molar-refractivity contribution in [3.05, 3.63) is 78.3 Å². The SMILES string of the molecule is Cn1cc(C(=O)Nc2cccc(C(=O)N3CCC[C@H](Cc4cn5ccnc5cn4)CC3)c2)cn1. The second kappa shape index (κ2) is 9.46. The Hall–Kier alpha value is -4.01. The molecule has 0 spiro atoms. The summed E-state index contributed by atoms with van der Waals surface area (Å²) in [6.45, 7) is 1.44. The van der Waals surface area contributed by atoms with Crippen LogP contribution in [0.25, 0.3) is 5.65 Å². The summed E-state index contributed by atoms with van der Waals surface area (Å²) in [5.41, 5.74) is 3.54. The van der Waals surface area contributed by atoms with Crippen molar-refractivity contribution in [1.82, 2.24) is 29.0 Å². The summed E-state index contributed by atoms with van der Waals surface area (Å²) >= 11 is 0. The number of benzene rings is 1. The Kier molecular flexibility index (Phi) is 6.07. The molecule has 3 aromatic heterocycles. The van der Waals surface area contributed by atoms with E-state index in [0.29, 0.717) is 29.3 Å². The van der Waals surface area contributed by atoms with Gasteiger partial charge in [0.25, 0.3) is 11.8 Å². The molecule has 1 atom stereocenters. The quantitative estimate of drug-likeness (QED) is 0.496. The second-order valence-electron chi connectivity index (χ2n) is 8.80. The number of carbonyl (C=O) groups is 2. The fraction of sp³-hybridized carbons (Fsp3) is 0.320. The van der Waals surface area contributed by atoms with Crippen molar-refractivity contribution >= 4 is 23.1 Å². The van der Waals surface area contributed by atoms with Gasteiger partial charge in [0.05, 0.1) is 23.7 Å². The van der Waals surface area contributed by atoms with Crippen molar-refractivity contribution < 1.29 is 9.59 Å². The van der Waals surface area contributed by atoms with Crippen LogP contribution in [0.1, 0.15) is 45.7 Å². The van der Waals surface area contributed by atoms with Crippen molar-refractivity contribution in [2.24, 2.45) is 13.0 Å². The highest BCUT2D eigenvalue weighted by Gasteiger charge is 2.22. The average molecular weight is 458 g/mol. The van der Waals surface area contributed by atoms with Crippen molar-refractivity contribution in [3.63, 3.8) is 0 Å². The van der Waals surface area contributed by atoms with Crippen LogP contribution in [0.2, 0.25) is 0 Å². The summed E-state index contributed by atoms with van der Waals surface area (Å²) in [5, 5.41) is 6.88. The number of rotatable bonds is 5. The summed E-state index contributed by atoms with van der Waals surface area (Å²) in [6, 6.07) is 7.12. The molecule has 0 unspecified atom stereocenters. The molecule has 1 aromatic carbocycles. The first kappa shape index (κ1) is 21.8. The van der Waals surface area contributed by atoms with Gasteiger partial charge in [-0.3, -0.25) is 19.3 Å². The molecule has 1 saturated heterocycles. The molecule has 5 rings (SSSR count). The summed E-state index contributed by atoms with van der Waals surface area (Å²) in [7, 11) is 1.76. The molecule has 1 fully saturated rings. The van der Waals surface area contributed by atoms with Gasteiger partial charge in [0.1, 0.15) is 0 Å². The van der Waals surface area contributed by atoms with E-state index >= 15 is 0 Å². The molecule has 0 bridgehead atoms. The maximum atomic E-state index is 13.2. The zero-order valence-electron chi connectivity index (χ0n) is 19.1. The van der Waals surface area contributed by atoms with Gasteiger partial charge in [0, 0.05) is 56.2 Å². The molecular formula is C25H27N7O2. The number of aromatic nitrogens is 5. The normalized spacial score (nSPS) is 16.4. The van der Waals surface area contributed by atoms with Crippen LogP contribution in [0.4, 0.5) is 5.69 Å². The number of fused-ring (bicyclic) bond motifs is 1. The molecule has 174 valence electrons. The number of imidazole rings is 1. The van der Waals surface area contributed by atoms with Crippen LogP contribution >= 0.6 is 0 Å². The van der Waals surface area contributed by atoms with E-state index < -0.39 is 0 Å². The fourth-order valence-corrected chi connectivity index (χ4v) is 4.50. The lowest BCUT2D eigenvalue weighted by molar-refractivity contribution is 0.0759. The van der Waals surface area contributed by atoms with Crippen molar-refractivity contribution in [1.29, 1.82) is 0 Å². The number of nitrogens with one attached hydrogen (secondary N) is 1. The van der Waals surface area contributed by atoms with Crippen LogP contribution in [-0.4, -0.2) is 54.0 Å². The lowest BCUT2D eigenvalue weighted by Gasteiger charge is -2.21. The number of anilines is 1. The van der Waals surface area contributed by atoms with Gasteiger partial charge in [0.15, 0.2) is 5.65 Å². The highest BCUT2D eigenvalue weighted by Crippen LogP contribution is 2.23. The van der Waals surface area contributed by atoms with Gasteiger partial charge in [-0.1, -0.05) is 6.07 Å². The van der Waals surface area contributed by atoms with Gasteiger partial charge in [-0.05, 0) is 49.8 Å². The van der Waals surface area contributed by atoms with E-state index in [2.05, 4.69) is 20.4 Å². The lowest BCUT2D eigenvalue weighted by Crippen LogP contribution is -2.32. The highest BCUT2D eigenvalue weighted by atomic mass is 16.2. The smallest absolute Gasteiger partial charge is 0.258 e. The molecular weight excluding hydrogens is 430 g/mol. The minimum Gasteiger partial charge on any atom is -0.339 e. The Morgan fingerprint density at radius 3 is 2.85 bits per heavy atom. The van der Waals surface area contributed by atoms with Crippen LogP contribution in [0.3, 0.4) is 0 Å². The number of likely N-dealkylation sites (tertiary alicyclic amines) is 1. The van der Waals surface area contributed by atoms with Crippen LogP contribution in [-0.2, 0) is 13.5 Å². The monoisotopic (exact) mass is 457 g/mol. The molecule has 4 heterocycles. The summed E-state index contributed by atoms with van der Waals surface area (Å²) in [5.74, 6) is 0.227. The molecule has 1 N–H and O–H groups in total. The predicted octanol–water partition coefficient (Wildman–Crippen LogP) is 3.20. The Bertz CT molecular complexity index is 1330. The van der Waals surface area contributed by atoms with Crippen LogP contribution in [0, 0.1) is 5.92 Å². The van der Waals surface area contributed by atoms with E-state index in [1.165, 1.54) is 6.20 Å². The first-order valence-electron chi connectivity index (χ1n) is 11.5. The van der Waals surface area contributed by atoms with E-state index in [0.717, 1.165) is 43.6 Å². The molecule has 2 amide bonds. The Morgan fingerprint density at radius 2 is 2.00 bits per heavy atom. The summed E-state index contributed by atoms with van der Waals surface area (Å²) in [6.07, 6.45) is 14.6. The number of hydrogen-bond acceptors (Lipinski definition) is 5. The predicted molar refractivity (Wildman–Crippen MR) is 128 cm³/mol. The van der Waals surface area contributed by atoms with Gasteiger partial charge >= 0.3 is 0 Å². The van der Waals surface area contributed by atoms with Crippen molar-refractivity contribution in [2.75, 3.05) is 18.4 Å². The van der Waals surface area contributed by atoms with E-state index in [1.54, 1.807) is 48.4 Å². The minimum atomic E-state index is -0.252. The third kappa shape index (κ3) is 4.83. The molecule has 9 heteroatoms. The standard InChI is InChI=1S/C25H27N7O2/c1-30-16-20(14-28-30)24(33)29-21-6-2-5-19(13-21)25(34)31-9-3-4-18(7-10-31)12-22-17-32-11-8-26-23(32)15-27-22/h2,5-6,8,11,13-18H,3-4,7,9-10,12H2,1H3,(H,29,33)/t18-/m0/s1. The van der Waals surface area contributed by atoms with Gasteiger partial charge in [-0.2, -0.15) is 5.10 Å². The number of carbonyl (C=O) groups excluding carboxylic acids is 2. The molecule has 0 aliphatic carbocycles. The van der Waals surface area contributed by atoms with Crippen LogP contribution < -0.4 is 5.32 Å².